The number of hydrogen-bond acceptors (Lipinski definition) is 6. The molecular formula is C17H21N5O2S. The smallest absolute Gasteiger partial charge is 0.323 e. The molecule has 8 heteroatoms. The standard InChI is InChI=1S/C17H21N5O2S/c1-24-14-5-3-2-4-13(14)21-8-10-22(11-9-21)17(23)18-16-20-19-15(25-16)12-6-7-12/h2-5,12H,6-11H2,1H3,(H,18,20,23). The van der Waals surface area contributed by atoms with Crippen molar-refractivity contribution in [2.45, 2.75) is 18.8 Å². The van der Waals surface area contributed by atoms with Crippen molar-refractivity contribution >= 4 is 28.2 Å². The Morgan fingerprint density at radius 1 is 1.20 bits per heavy atom. The molecule has 2 fully saturated rings. The van der Waals surface area contributed by atoms with Crippen LogP contribution in [0.25, 0.3) is 0 Å². The van der Waals surface area contributed by atoms with Crippen LogP contribution in [0.1, 0.15) is 23.8 Å². The van der Waals surface area contributed by atoms with E-state index < -0.39 is 0 Å². The van der Waals surface area contributed by atoms with Gasteiger partial charge in [-0.25, -0.2) is 4.79 Å². The largest absolute Gasteiger partial charge is 0.495 e. The zero-order chi connectivity index (χ0) is 17.2. The van der Waals surface area contributed by atoms with E-state index in [0.29, 0.717) is 24.1 Å². The molecule has 25 heavy (non-hydrogen) atoms. The van der Waals surface area contributed by atoms with Gasteiger partial charge in [0, 0.05) is 32.1 Å². The van der Waals surface area contributed by atoms with E-state index >= 15 is 0 Å². The number of hydrogen-bond donors (Lipinski definition) is 1. The molecule has 1 saturated heterocycles. The average Bonchev–Trinajstić information content (AvgIpc) is 3.41. The highest BCUT2D eigenvalue weighted by Crippen LogP contribution is 2.42. The highest BCUT2D eigenvalue weighted by Gasteiger charge is 2.28. The third-order valence-electron chi connectivity index (χ3n) is 4.57. The van der Waals surface area contributed by atoms with Gasteiger partial charge in [-0.05, 0) is 25.0 Å². The lowest BCUT2D eigenvalue weighted by Crippen LogP contribution is -2.50. The second-order valence-electron chi connectivity index (χ2n) is 6.30. The van der Waals surface area contributed by atoms with Gasteiger partial charge in [-0.15, -0.1) is 10.2 Å². The van der Waals surface area contributed by atoms with Crippen molar-refractivity contribution in [1.29, 1.82) is 0 Å². The molecule has 1 N–H and O–H groups in total. The highest BCUT2D eigenvalue weighted by molar-refractivity contribution is 7.15. The third-order valence-corrected chi connectivity index (χ3v) is 5.58. The van der Waals surface area contributed by atoms with Gasteiger partial charge in [-0.1, -0.05) is 23.5 Å². The molecule has 4 rings (SSSR count). The number of methoxy groups -OCH3 is 1. The predicted molar refractivity (Wildman–Crippen MR) is 97.7 cm³/mol. The average molecular weight is 359 g/mol. The van der Waals surface area contributed by atoms with E-state index in [1.807, 2.05) is 23.1 Å². The van der Waals surface area contributed by atoms with E-state index in [2.05, 4.69) is 26.5 Å². The molecule has 0 atom stereocenters. The van der Waals surface area contributed by atoms with Crippen LogP contribution >= 0.6 is 11.3 Å². The molecule has 2 aliphatic rings. The number of nitrogens with zero attached hydrogens (tertiary/aromatic N) is 4. The van der Waals surface area contributed by atoms with Gasteiger partial charge in [0.25, 0.3) is 0 Å². The van der Waals surface area contributed by atoms with E-state index in [4.69, 9.17) is 4.74 Å². The molecule has 1 aromatic carbocycles. The van der Waals surface area contributed by atoms with Crippen molar-refractivity contribution in [2.24, 2.45) is 0 Å². The van der Waals surface area contributed by atoms with Crippen LogP contribution in [0.15, 0.2) is 24.3 Å². The number of amides is 2. The minimum absolute atomic E-state index is 0.0989. The topological polar surface area (TPSA) is 70.6 Å². The van der Waals surface area contributed by atoms with Crippen molar-refractivity contribution in [3.8, 4) is 5.75 Å². The molecule has 132 valence electrons. The predicted octanol–water partition coefficient (Wildman–Crippen LogP) is 2.78. The summed E-state index contributed by atoms with van der Waals surface area (Å²) in [6.07, 6.45) is 2.38. The summed E-state index contributed by atoms with van der Waals surface area (Å²) in [6, 6.07) is 7.88. The number of carbonyl (C=O) groups is 1. The second-order valence-corrected chi connectivity index (χ2v) is 7.30. The molecule has 1 saturated carbocycles. The Labute approximate surface area is 150 Å². The maximum absolute atomic E-state index is 12.4. The minimum Gasteiger partial charge on any atom is -0.495 e. The molecule has 0 unspecified atom stereocenters. The Hall–Kier alpha value is -2.35. The van der Waals surface area contributed by atoms with Crippen LogP contribution in [0.2, 0.25) is 0 Å². The van der Waals surface area contributed by atoms with Crippen LogP contribution in [-0.2, 0) is 0 Å². The van der Waals surface area contributed by atoms with Crippen LogP contribution in [-0.4, -0.2) is 54.4 Å². The van der Waals surface area contributed by atoms with Gasteiger partial charge in [0.2, 0.25) is 5.13 Å². The third kappa shape index (κ3) is 3.53. The lowest BCUT2D eigenvalue weighted by molar-refractivity contribution is 0.208. The maximum Gasteiger partial charge on any atom is 0.323 e. The van der Waals surface area contributed by atoms with Gasteiger partial charge < -0.3 is 14.5 Å². The fraction of sp³-hybridized carbons (Fsp3) is 0.471. The number of urea groups is 1. The summed E-state index contributed by atoms with van der Waals surface area (Å²) >= 11 is 1.49. The summed E-state index contributed by atoms with van der Waals surface area (Å²) in [5.41, 5.74) is 1.07. The Morgan fingerprint density at radius 2 is 1.96 bits per heavy atom. The van der Waals surface area contributed by atoms with Gasteiger partial charge >= 0.3 is 6.03 Å². The maximum atomic E-state index is 12.4. The summed E-state index contributed by atoms with van der Waals surface area (Å²) in [7, 11) is 1.68. The van der Waals surface area contributed by atoms with E-state index in [1.54, 1.807) is 7.11 Å². The number of rotatable bonds is 4. The van der Waals surface area contributed by atoms with Gasteiger partial charge in [0.1, 0.15) is 10.8 Å². The monoisotopic (exact) mass is 359 g/mol. The number of piperazine rings is 1. The zero-order valence-corrected chi connectivity index (χ0v) is 15.0. The number of nitrogens with one attached hydrogen (secondary N) is 1. The molecule has 0 radical (unpaired) electrons. The minimum atomic E-state index is -0.0989. The molecule has 2 heterocycles. The Morgan fingerprint density at radius 3 is 2.68 bits per heavy atom. The molecular weight excluding hydrogens is 338 g/mol. The van der Waals surface area contributed by atoms with Crippen molar-refractivity contribution in [3.05, 3.63) is 29.3 Å². The summed E-state index contributed by atoms with van der Waals surface area (Å²) < 4.78 is 5.43. The lowest BCUT2D eigenvalue weighted by Gasteiger charge is -2.36. The molecule has 7 nitrogen and oxygen atoms in total. The van der Waals surface area contributed by atoms with Gasteiger partial charge in [-0.2, -0.15) is 0 Å². The van der Waals surface area contributed by atoms with E-state index in [9.17, 15) is 4.79 Å². The fourth-order valence-electron chi connectivity index (χ4n) is 2.99. The molecule has 0 bridgehead atoms. The SMILES string of the molecule is COc1ccccc1N1CCN(C(=O)Nc2nnc(C3CC3)s2)CC1. The van der Waals surface area contributed by atoms with Crippen molar-refractivity contribution in [2.75, 3.05) is 43.5 Å². The molecule has 1 aliphatic carbocycles. The molecule has 2 amide bonds. The fourth-order valence-corrected chi connectivity index (χ4v) is 3.89. The second kappa shape index (κ2) is 6.87. The van der Waals surface area contributed by atoms with E-state index in [0.717, 1.165) is 29.5 Å². The van der Waals surface area contributed by atoms with Gasteiger partial charge in [-0.3, -0.25) is 5.32 Å². The summed E-state index contributed by atoms with van der Waals surface area (Å²) in [5.74, 6) is 1.43. The van der Waals surface area contributed by atoms with Crippen LogP contribution in [0.3, 0.4) is 0 Å². The number of anilines is 2. The molecule has 2 aromatic rings. The summed E-state index contributed by atoms with van der Waals surface area (Å²) in [5, 5.41) is 12.8. The van der Waals surface area contributed by atoms with E-state index in [-0.39, 0.29) is 6.03 Å². The van der Waals surface area contributed by atoms with Gasteiger partial charge in [0.15, 0.2) is 0 Å². The summed E-state index contributed by atoms with van der Waals surface area (Å²) in [4.78, 5) is 16.5. The Kier molecular flexibility index (Phi) is 4.44. The van der Waals surface area contributed by atoms with Gasteiger partial charge in [0.05, 0.1) is 12.8 Å². The van der Waals surface area contributed by atoms with E-state index in [1.165, 1.54) is 24.2 Å². The Bertz CT molecular complexity index is 753. The number of aromatic nitrogens is 2. The molecule has 1 aromatic heterocycles. The Balaban J connectivity index is 1.33. The summed E-state index contributed by atoms with van der Waals surface area (Å²) in [6.45, 7) is 2.88. The van der Waals surface area contributed by atoms with Crippen LogP contribution in [0.4, 0.5) is 15.6 Å². The van der Waals surface area contributed by atoms with Crippen LogP contribution in [0, 0.1) is 0 Å². The van der Waals surface area contributed by atoms with Crippen LogP contribution < -0.4 is 15.0 Å². The first kappa shape index (κ1) is 16.1. The number of benzene rings is 1. The van der Waals surface area contributed by atoms with Crippen LogP contribution in [0.5, 0.6) is 5.75 Å². The number of carbonyl (C=O) groups excluding carboxylic acids is 1. The number of para-hydroxylation sites is 2. The molecule has 0 spiro atoms. The first-order chi connectivity index (χ1) is 12.2. The lowest BCUT2D eigenvalue weighted by atomic mass is 10.2. The van der Waals surface area contributed by atoms with Crippen molar-refractivity contribution in [1.82, 2.24) is 15.1 Å². The number of ether oxygens (including phenoxy) is 1. The normalized spacial score (nSPS) is 17.5. The zero-order valence-electron chi connectivity index (χ0n) is 14.1. The van der Waals surface area contributed by atoms with Crippen molar-refractivity contribution < 1.29 is 9.53 Å². The molecule has 1 aliphatic heterocycles. The first-order valence-electron chi connectivity index (χ1n) is 8.52. The first-order valence-corrected chi connectivity index (χ1v) is 9.33. The quantitative estimate of drug-likeness (QED) is 0.909. The highest BCUT2D eigenvalue weighted by atomic mass is 32.1. The van der Waals surface area contributed by atoms with Crippen molar-refractivity contribution in [3.63, 3.8) is 0 Å².